The van der Waals surface area contributed by atoms with Crippen LogP contribution in [0.5, 0.6) is 0 Å². The molecule has 0 amide bonds. The van der Waals surface area contributed by atoms with Gasteiger partial charge in [-0.15, -0.1) is 0 Å². The van der Waals surface area contributed by atoms with Crippen molar-refractivity contribution in [1.29, 1.82) is 0 Å². The Hall–Kier alpha value is -0.300. The van der Waals surface area contributed by atoms with Crippen molar-refractivity contribution in [1.82, 2.24) is 0 Å². The van der Waals surface area contributed by atoms with Crippen molar-refractivity contribution < 1.29 is 40.2 Å². The second-order valence-corrected chi connectivity index (χ2v) is 6.09. The van der Waals surface area contributed by atoms with E-state index in [-0.39, 0.29) is 6.61 Å². The van der Waals surface area contributed by atoms with Gasteiger partial charge in [-0.05, 0) is 6.42 Å². The highest BCUT2D eigenvalue weighted by Crippen LogP contribution is 2.01. The van der Waals surface area contributed by atoms with Gasteiger partial charge in [-0.1, -0.05) is 6.92 Å². The minimum atomic E-state index is -4.21. The molecular weight excluding hydrogens is 292 g/mol. The molecule has 0 aromatic rings. The van der Waals surface area contributed by atoms with Gasteiger partial charge in [0.15, 0.2) is 11.9 Å². The molecule has 1 unspecified atom stereocenters. The van der Waals surface area contributed by atoms with Crippen LogP contribution in [0, 0.1) is 0 Å². The smallest absolute Gasteiger partial charge is 0.289 e. The van der Waals surface area contributed by atoms with Gasteiger partial charge in [0.2, 0.25) is 0 Å². The molecule has 0 saturated heterocycles. The summed E-state index contributed by atoms with van der Waals surface area (Å²) in [6.07, 6.45) is -0.158. The molecule has 0 spiro atoms. The maximum Gasteiger partial charge on any atom is 0.289 e. The number of hydrogen-bond acceptors (Lipinski definition) is 7. The van der Waals surface area contributed by atoms with Crippen LogP contribution >= 0.6 is 0 Å². The molecule has 0 saturated carbocycles. The van der Waals surface area contributed by atoms with Crippen molar-refractivity contribution >= 4 is 20.2 Å². The van der Waals surface area contributed by atoms with Crippen molar-refractivity contribution in [3.63, 3.8) is 0 Å². The first-order valence-electron chi connectivity index (χ1n) is 4.81. The molecule has 0 rings (SSSR count). The van der Waals surface area contributed by atoms with Crippen molar-refractivity contribution in [2.45, 2.75) is 19.4 Å². The molecule has 0 aliphatic carbocycles. The molecule has 11 heteroatoms. The number of rotatable bonds is 10. The third-order valence-electron chi connectivity index (χ3n) is 1.61. The second-order valence-electron chi connectivity index (χ2n) is 3.29. The van der Waals surface area contributed by atoms with E-state index in [0.29, 0.717) is 6.42 Å². The first-order chi connectivity index (χ1) is 8.14. The Morgan fingerprint density at radius 1 is 1.00 bits per heavy atom. The van der Waals surface area contributed by atoms with Gasteiger partial charge in [0.1, 0.15) is 6.79 Å². The van der Waals surface area contributed by atoms with E-state index < -0.39 is 45.0 Å². The lowest BCUT2D eigenvalue weighted by atomic mass is 10.3. The molecule has 0 aliphatic heterocycles. The summed E-state index contributed by atoms with van der Waals surface area (Å²) in [6.45, 7) is 1.26. The van der Waals surface area contributed by atoms with Crippen molar-refractivity contribution in [3.8, 4) is 0 Å². The Morgan fingerprint density at radius 2 is 1.56 bits per heavy atom. The molecule has 0 aromatic heterocycles. The van der Waals surface area contributed by atoms with Crippen molar-refractivity contribution in [2.24, 2.45) is 0 Å². The van der Waals surface area contributed by atoms with E-state index in [1.165, 1.54) is 0 Å². The number of ether oxygens (including phenoxy) is 3. The molecule has 0 aromatic carbocycles. The van der Waals surface area contributed by atoms with Crippen LogP contribution in [-0.2, 0) is 34.4 Å². The zero-order valence-electron chi connectivity index (χ0n) is 9.68. The van der Waals surface area contributed by atoms with E-state index in [2.05, 4.69) is 4.74 Å². The van der Waals surface area contributed by atoms with Gasteiger partial charge in [-0.2, -0.15) is 16.8 Å². The van der Waals surface area contributed by atoms with E-state index in [1.54, 1.807) is 6.92 Å². The summed E-state index contributed by atoms with van der Waals surface area (Å²) in [4.78, 5) is 0. The summed E-state index contributed by atoms with van der Waals surface area (Å²) in [5.74, 6) is -1.74. The second kappa shape index (κ2) is 7.99. The summed E-state index contributed by atoms with van der Waals surface area (Å²) >= 11 is 0. The Balaban J connectivity index is 3.75. The molecule has 1 atom stereocenters. The Bertz CT molecular complexity index is 412. The molecule has 0 aliphatic rings. The maximum atomic E-state index is 10.4. The van der Waals surface area contributed by atoms with Gasteiger partial charge in [0.05, 0.1) is 12.7 Å². The van der Waals surface area contributed by atoms with Gasteiger partial charge in [-0.25, -0.2) is 0 Å². The highest BCUT2D eigenvalue weighted by atomic mass is 32.2. The minimum Gasteiger partial charge on any atom is -0.357 e. The van der Waals surface area contributed by atoms with Crippen LogP contribution in [0.3, 0.4) is 0 Å². The quantitative estimate of drug-likeness (QED) is 0.310. The van der Waals surface area contributed by atoms with Crippen molar-refractivity contribution in [3.05, 3.63) is 0 Å². The first-order valence-corrected chi connectivity index (χ1v) is 8.03. The van der Waals surface area contributed by atoms with Crippen LogP contribution in [0.25, 0.3) is 0 Å². The van der Waals surface area contributed by atoms with E-state index in [9.17, 15) is 16.8 Å². The SMILES string of the molecule is CCC(COCOCS(=O)(=O)O)OCS(=O)(=O)O. The third-order valence-corrected chi connectivity index (χ3v) is 2.51. The largest absolute Gasteiger partial charge is 0.357 e. The molecule has 0 fully saturated rings. The van der Waals surface area contributed by atoms with E-state index in [1.807, 2.05) is 0 Å². The standard InChI is InChI=1S/C7H16O9S2/c1-2-7(16-6-18(11,12)13)3-14-4-15-5-17(8,9)10/h7H,2-6H2,1H3,(H,8,9,10)(H,11,12,13). The van der Waals surface area contributed by atoms with Crippen LogP contribution in [-0.4, -0.2) is 57.3 Å². The summed E-state index contributed by atoms with van der Waals surface area (Å²) in [7, 11) is -8.41. The minimum absolute atomic E-state index is 0.0442. The van der Waals surface area contributed by atoms with Crippen LogP contribution in [0.4, 0.5) is 0 Å². The molecule has 9 nitrogen and oxygen atoms in total. The molecule has 0 bridgehead atoms. The van der Waals surface area contributed by atoms with Crippen LogP contribution < -0.4 is 0 Å². The Kier molecular flexibility index (Phi) is 7.86. The molecule has 110 valence electrons. The van der Waals surface area contributed by atoms with Gasteiger partial charge in [0, 0.05) is 0 Å². The van der Waals surface area contributed by atoms with Gasteiger partial charge in [0.25, 0.3) is 20.2 Å². The summed E-state index contributed by atoms with van der Waals surface area (Å²) in [6, 6.07) is 0. The van der Waals surface area contributed by atoms with Crippen molar-refractivity contribution in [2.75, 3.05) is 25.3 Å². The fraction of sp³-hybridized carbons (Fsp3) is 1.00. The zero-order valence-corrected chi connectivity index (χ0v) is 11.3. The van der Waals surface area contributed by atoms with E-state index in [4.69, 9.17) is 18.6 Å². The van der Waals surface area contributed by atoms with Gasteiger partial charge < -0.3 is 14.2 Å². The predicted octanol–water partition coefficient (Wildman–Crippen LogP) is -0.537. The summed E-state index contributed by atoms with van der Waals surface area (Å²) in [5.41, 5.74) is 0. The lowest BCUT2D eigenvalue weighted by Gasteiger charge is -2.15. The lowest BCUT2D eigenvalue weighted by molar-refractivity contribution is -0.0789. The fourth-order valence-corrected chi connectivity index (χ4v) is 1.49. The maximum absolute atomic E-state index is 10.4. The monoisotopic (exact) mass is 308 g/mol. The molecule has 0 heterocycles. The molecule has 18 heavy (non-hydrogen) atoms. The Morgan fingerprint density at radius 3 is 2.00 bits per heavy atom. The topological polar surface area (TPSA) is 136 Å². The predicted molar refractivity (Wildman–Crippen MR) is 59.9 cm³/mol. The van der Waals surface area contributed by atoms with Gasteiger partial charge in [-0.3, -0.25) is 9.11 Å². The Labute approximate surface area is 106 Å². The van der Waals surface area contributed by atoms with Gasteiger partial charge >= 0.3 is 0 Å². The average molecular weight is 308 g/mol. The zero-order chi connectivity index (χ0) is 14.2. The third kappa shape index (κ3) is 12.2. The molecule has 0 radical (unpaired) electrons. The number of hydrogen-bond donors (Lipinski definition) is 2. The highest BCUT2D eigenvalue weighted by molar-refractivity contribution is 7.85. The average Bonchev–Trinajstić information content (AvgIpc) is 2.19. The van der Waals surface area contributed by atoms with E-state index >= 15 is 0 Å². The highest BCUT2D eigenvalue weighted by Gasteiger charge is 2.12. The van der Waals surface area contributed by atoms with E-state index in [0.717, 1.165) is 0 Å². The molecular formula is C7H16O9S2. The summed E-state index contributed by atoms with van der Waals surface area (Å²) < 4.78 is 72.2. The van der Waals surface area contributed by atoms with Crippen LogP contribution in [0.1, 0.15) is 13.3 Å². The van der Waals surface area contributed by atoms with Crippen LogP contribution in [0.15, 0.2) is 0 Å². The lowest BCUT2D eigenvalue weighted by Crippen LogP contribution is -2.23. The summed E-state index contributed by atoms with van der Waals surface area (Å²) in [5, 5.41) is 0. The van der Waals surface area contributed by atoms with Crippen LogP contribution in [0.2, 0.25) is 0 Å². The molecule has 2 N–H and O–H groups in total. The first kappa shape index (κ1) is 17.7. The fourth-order valence-electron chi connectivity index (χ4n) is 0.844. The normalized spacial score (nSPS) is 14.6.